The molecule has 0 N–H and O–H groups in total. The van der Waals surface area contributed by atoms with Crippen LogP contribution in [-0.2, 0) is 4.74 Å². The van der Waals surface area contributed by atoms with E-state index in [1.807, 2.05) is 43.3 Å². The summed E-state index contributed by atoms with van der Waals surface area (Å²) in [5.41, 5.74) is 1.86. The molecule has 3 atom stereocenters. The predicted molar refractivity (Wildman–Crippen MR) is 101 cm³/mol. The molecule has 0 bridgehead atoms. The zero-order valence-corrected chi connectivity index (χ0v) is 15.9. The van der Waals surface area contributed by atoms with Gasteiger partial charge >= 0.3 is 0 Å². The van der Waals surface area contributed by atoms with E-state index in [0.29, 0.717) is 6.04 Å². The van der Waals surface area contributed by atoms with Crippen LogP contribution in [0.3, 0.4) is 0 Å². The normalized spacial score (nSPS) is 27.5. The maximum atomic E-state index is 13.1. The smallest absolute Gasteiger partial charge is 0.254 e. The molecule has 1 aromatic rings. The number of carbonyl (C=O) groups excluding carboxylic acids is 1. The summed E-state index contributed by atoms with van der Waals surface area (Å²) in [5.74, 6) is 0.167. The number of morpholine rings is 1. The molecule has 1 amide bonds. The van der Waals surface area contributed by atoms with Crippen molar-refractivity contribution in [3.63, 3.8) is 0 Å². The number of ether oxygens (including phenoxy) is 1. The van der Waals surface area contributed by atoms with Gasteiger partial charge in [0.25, 0.3) is 5.91 Å². The molecule has 2 fully saturated rings. The van der Waals surface area contributed by atoms with Crippen LogP contribution in [0, 0.1) is 0 Å². The van der Waals surface area contributed by atoms with E-state index in [4.69, 9.17) is 4.74 Å². The maximum Gasteiger partial charge on any atom is 0.254 e. The van der Waals surface area contributed by atoms with E-state index in [9.17, 15) is 4.79 Å². The van der Waals surface area contributed by atoms with Gasteiger partial charge in [0.1, 0.15) is 0 Å². The number of rotatable bonds is 4. The summed E-state index contributed by atoms with van der Waals surface area (Å²) in [4.78, 5) is 19.6. The second-order valence-electron chi connectivity index (χ2n) is 7.72. The van der Waals surface area contributed by atoms with Crippen molar-refractivity contribution in [2.24, 2.45) is 0 Å². The first-order chi connectivity index (χ1) is 11.9. The van der Waals surface area contributed by atoms with Gasteiger partial charge < -0.3 is 14.5 Å². The monoisotopic (exact) mass is 345 g/mol. The number of nitrogens with zero attached hydrogens (tertiary/aromatic N) is 3. The molecule has 3 rings (SSSR count). The molecule has 2 saturated heterocycles. The Kier molecular flexibility index (Phi) is 5.64. The van der Waals surface area contributed by atoms with E-state index >= 15 is 0 Å². The molecule has 2 heterocycles. The van der Waals surface area contributed by atoms with Crippen molar-refractivity contribution in [1.29, 1.82) is 0 Å². The number of carbonyl (C=O) groups is 1. The molecule has 0 aromatic heterocycles. The van der Waals surface area contributed by atoms with Crippen LogP contribution in [0.4, 0.5) is 5.69 Å². The standard InChI is InChI=1S/C20H31N3O2/c1-15-12-22(13-16(2)25-15)14-19-9-6-10-23(19)20(24)17-7-5-8-18(11-17)21(3)4/h5,7-8,11,15-16,19H,6,9-10,12-14H2,1-4H3/t15-,16+,19-/m0/s1. The average molecular weight is 345 g/mol. The minimum Gasteiger partial charge on any atom is -0.378 e. The summed E-state index contributed by atoms with van der Waals surface area (Å²) in [7, 11) is 4.01. The number of likely N-dealkylation sites (tertiary alicyclic amines) is 1. The van der Waals surface area contributed by atoms with Crippen molar-refractivity contribution in [3.05, 3.63) is 29.8 Å². The molecule has 5 nitrogen and oxygen atoms in total. The second-order valence-corrected chi connectivity index (χ2v) is 7.72. The van der Waals surface area contributed by atoms with Gasteiger partial charge in [-0.05, 0) is 44.9 Å². The van der Waals surface area contributed by atoms with Gasteiger partial charge in [-0.15, -0.1) is 0 Å². The highest BCUT2D eigenvalue weighted by Gasteiger charge is 2.32. The number of anilines is 1. The summed E-state index contributed by atoms with van der Waals surface area (Å²) in [6, 6.07) is 8.25. The minimum absolute atomic E-state index is 0.167. The predicted octanol–water partition coefficient (Wildman–Crippen LogP) is 2.47. The lowest BCUT2D eigenvalue weighted by Gasteiger charge is -2.38. The van der Waals surface area contributed by atoms with Crippen molar-refractivity contribution in [3.8, 4) is 0 Å². The molecule has 0 spiro atoms. The Bertz CT molecular complexity index is 594. The van der Waals surface area contributed by atoms with Gasteiger partial charge in [0.2, 0.25) is 0 Å². The van der Waals surface area contributed by atoms with E-state index in [2.05, 4.69) is 23.6 Å². The molecule has 138 valence electrons. The van der Waals surface area contributed by atoms with E-state index in [1.54, 1.807) is 0 Å². The van der Waals surface area contributed by atoms with Crippen LogP contribution in [0.1, 0.15) is 37.0 Å². The number of benzene rings is 1. The first-order valence-corrected chi connectivity index (χ1v) is 9.40. The molecule has 2 aliphatic rings. The Morgan fingerprint density at radius 3 is 2.64 bits per heavy atom. The molecule has 0 unspecified atom stereocenters. The number of hydrogen-bond acceptors (Lipinski definition) is 4. The van der Waals surface area contributed by atoms with Gasteiger partial charge in [-0.3, -0.25) is 9.69 Å². The van der Waals surface area contributed by atoms with Gasteiger partial charge in [-0.2, -0.15) is 0 Å². The van der Waals surface area contributed by atoms with Crippen LogP contribution in [0.2, 0.25) is 0 Å². The Labute approximate surface area is 151 Å². The lowest BCUT2D eigenvalue weighted by Crippen LogP contribution is -2.50. The summed E-state index contributed by atoms with van der Waals surface area (Å²) in [6.45, 7) is 8.00. The molecule has 5 heteroatoms. The van der Waals surface area contributed by atoms with Crippen LogP contribution in [0.25, 0.3) is 0 Å². The van der Waals surface area contributed by atoms with Crippen LogP contribution >= 0.6 is 0 Å². The zero-order valence-electron chi connectivity index (χ0n) is 15.9. The third-order valence-corrected chi connectivity index (χ3v) is 5.21. The first-order valence-electron chi connectivity index (χ1n) is 9.40. The van der Waals surface area contributed by atoms with Crippen molar-refractivity contribution in [2.75, 3.05) is 45.2 Å². The SMILES string of the molecule is C[C@@H]1CN(C[C@@H]2CCCN2C(=O)c2cccc(N(C)C)c2)C[C@H](C)O1. The Balaban J connectivity index is 1.68. The third kappa shape index (κ3) is 4.33. The van der Waals surface area contributed by atoms with Crippen LogP contribution in [-0.4, -0.2) is 74.2 Å². The topological polar surface area (TPSA) is 36.0 Å². The van der Waals surface area contributed by atoms with Crippen LogP contribution < -0.4 is 4.90 Å². The Hall–Kier alpha value is -1.59. The lowest BCUT2D eigenvalue weighted by atomic mass is 10.1. The molecule has 0 aliphatic carbocycles. The van der Waals surface area contributed by atoms with Crippen molar-refractivity contribution in [2.45, 2.75) is 44.9 Å². The number of hydrogen-bond donors (Lipinski definition) is 0. The molecule has 25 heavy (non-hydrogen) atoms. The Morgan fingerprint density at radius 2 is 1.96 bits per heavy atom. The fraction of sp³-hybridized carbons (Fsp3) is 0.650. The van der Waals surface area contributed by atoms with Crippen molar-refractivity contribution in [1.82, 2.24) is 9.80 Å². The summed E-state index contributed by atoms with van der Waals surface area (Å²) >= 11 is 0. The fourth-order valence-corrected chi connectivity index (χ4v) is 4.11. The quantitative estimate of drug-likeness (QED) is 0.840. The fourth-order valence-electron chi connectivity index (χ4n) is 4.11. The van der Waals surface area contributed by atoms with Crippen LogP contribution in [0.15, 0.2) is 24.3 Å². The van der Waals surface area contributed by atoms with Gasteiger partial charge in [-0.1, -0.05) is 6.07 Å². The summed E-state index contributed by atoms with van der Waals surface area (Å²) in [6.07, 6.45) is 2.73. The van der Waals surface area contributed by atoms with Crippen molar-refractivity contribution >= 4 is 11.6 Å². The summed E-state index contributed by atoms with van der Waals surface area (Å²) < 4.78 is 5.83. The molecular formula is C20H31N3O2. The maximum absolute atomic E-state index is 13.1. The number of amides is 1. The lowest BCUT2D eigenvalue weighted by molar-refractivity contribution is -0.0715. The molecule has 2 aliphatic heterocycles. The molecule has 1 aromatic carbocycles. The summed E-state index contributed by atoms with van der Waals surface area (Å²) in [5, 5.41) is 0. The molecule has 0 saturated carbocycles. The highest BCUT2D eigenvalue weighted by atomic mass is 16.5. The van der Waals surface area contributed by atoms with E-state index in [0.717, 1.165) is 50.3 Å². The highest BCUT2D eigenvalue weighted by Crippen LogP contribution is 2.24. The average Bonchev–Trinajstić information content (AvgIpc) is 3.01. The molecule has 0 radical (unpaired) electrons. The Morgan fingerprint density at radius 1 is 1.24 bits per heavy atom. The first kappa shape index (κ1) is 18.2. The van der Waals surface area contributed by atoms with E-state index in [-0.39, 0.29) is 18.1 Å². The van der Waals surface area contributed by atoms with Gasteiger partial charge in [0.15, 0.2) is 0 Å². The third-order valence-electron chi connectivity index (χ3n) is 5.21. The largest absolute Gasteiger partial charge is 0.378 e. The van der Waals surface area contributed by atoms with Gasteiger partial charge in [-0.25, -0.2) is 0 Å². The molecular weight excluding hydrogens is 314 g/mol. The minimum atomic E-state index is 0.167. The van der Waals surface area contributed by atoms with Gasteiger partial charge in [0.05, 0.1) is 12.2 Å². The zero-order chi connectivity index (χ0) is 18.0. The van der Waals surface area contributed by atoms with Gasteiger partial charge in [0, 0.05) is 57.6 Å². The van der Waals surface area contributed by atoms with Crippen LogP contribution in [0.5, 0.6) is 0 Å². The van der Waals surface area contributed by atoms with E-state index in [1.165, 1.54) is 0 Å². The highest BCUT2D eigenvalue weighted by molar-refractivity contribution is 5.95. The van der Waals surface area contributed by atoms with E-state index < -0.39 is 0 Å². The second kappa shape index (κ2) is 7.75. The van der Waals surface area contributed by atoms with Crippen molar-refractivity contribution < 1.29 is 9.53 Å².